The molecule has 0 fully saturated rings. The molecule has 0 atom stereocenters. The van der Waals surface area contributed by atoms with Gasteiger partial charge in [-0.25, -0.2) is 9.97 Å². The first-order valence-electron chi connectivity index (χ1n) is 2.45. The molecule has 0 unspecified atom stereocenters. The Hall–Kier alpha value is -0.390. The van der Waals surface area contributed by atoms with Crippen LogP contribution in [-0.2, 0) is 4.43 Å². The molecule has 9 heavy (non-hydrogen) atoms. The summed E-state index contributed by atoms with van der Waals surface area (Å²) < 4.78 is 0.866. The molecule has 0 bridgehead atoms. The lowest BCUT2D eigenvalue weighted by Gasteiger charge is -1.95. The molecule has 1 heterocycles. The summed E-state index contributed by atoms with van der Waals surface area (Å²) in [7, 11) is 0. The van der Waals surface area contributed by atoms with Crippen molar-refractivity contribution in [2.24, 2.45) is 0 Å². The van der Waals surface area contributed by atoms with Gasteiger partial charge in [0.15, 0.2) is 0 Å². The number of hydrogen-bond acceptors (Lipinski definition) is 3. The van der Waals surface area contributed by atoms with Crippen molar-refractivity contribution in [2.45, 2.75) is 4.43 Å². The standard InChI is InChI=1S/C5H6IN3/c6-1-4-2-8-3-9-5(4)7/h2-3H,1H2,(H2,7,8,9). The van der Waals surface area contributed by atoms with Gasteiger partial charge in [-0.2, -0.15) is 0 Å². The molecule has 0 aliphatic carbocycles. The quantitative estimate of drug-likeness (QED) is 0.583. The second-order valence-corrected chi connectivity index (χ2v) is 2.33. The van der Waals surface area contributed by atoms with Crippen LogP contribution in [0.3, 0.4) is 0 Å². The van der Waals surface area contributed by atoms with Gasteiger partial charge in [0.1, 0.15) is 12.1 Å². The van der Waals surface area contributed by atoms with E-state index in [1.54, 1.807) is 6.20 Å². The fourth-order valence-corrected chi connectivity index (χ4v) is 1.06. The Labute approximate surface area is 66.8 Å². The van der Waals surface area contributed by atoms with E-state index in [1.807, 2.05) is 0 Å². The van der Waals surface area contributed by atoms with Crippen molar-refractivity contribution < 1.29 is 0 Å². The fourth-order valence-electron chi connectivity index (χ4n) is 0.471. The zero-order valence-electron chi connectivity index (χ0n) is 4.71. The van der Waals surface area contributed by atoms with E-state index >= 15 is 0 Å². The number of hydrogen-bond donors (Lipinski definition) is 1. The second-order valence-electron chi connectivity index (χ2n) is 1.57. The van der Waals surface area contributed by atoms with E-state index < -0.39 is 0 Å². The highest BCUT2D eigenvalue weighted by Crippen LogP contribution is 2.08. The van der Waals surface area contributed by atoms with Gasteiger partial charge in [0.2, 0.25) is 0 Å². The summed E-state index contributed by atoms with van der Waals surface area (Å²) in [6.45, 7) is 0. The molecule has 3 nitrogen and oxygen atoms in total. The highest BCUT2D eigenvalue weighted by Gasteiger charge is 1.94. The Bertz CT molecular complexity index is 201. The number of nitrogens with two attached hydrogens (primary N) is 1. The van der Waals surface area contributed by atoms with Gasteiger partial charge in [0.25, 0.3) is 0 Å². The first-order chi connectivity index (χ1) is 4.34. The molecular formula is C5H6IN3. The van der Waals surface area contributed by atoms with E-state index in [4.69, 9.17) is 5.73 Å². The van der Waals surface area contributed by atoms with Crippen LogP contribution in [0.25, 0.3) is 0 Å². The number of alkyl halides is 1. The molecule has 48 valence electrons. The third kappa shape index (κ3) is 1.51. The van der Waals surface area contributed by atoms with Crippen LogP contribution in [0.2, 0.25) is 0 Å². The van der Waals surface area contributed by atoms with Crippen molar-refractivity contribution in [1.29, 1.82) is 0 Å². The van der Waals surface area contributed by atoms with Gasteiger partial charge in [-0.05, 0) is 0 Å². The molecule has 1 aromatic heterocycles. The second kappa shape index (κ2) is 2.95. The zero-order chi connectivity index (χ0) is 6.69. The topological polar surface area (TPSA) is 51.8 Å². The molecule has 1 aromatic rings. The maximum absolute atomic E-state index is 5.48. The van der Waals surface area contributed by atoms with Gasteiger partial charge in [0.05, 0.1) is 0 Å². The predicted octanol–water partition coefficient (Wildman–Crippen LogP) is 0.994. The Morgan fingerprint density at radius 3 is 2.89 bits per heavy atom. The van der Waals surface area contributed by atoms with Crippen LogP contribution in [0.15, 0.2) is 12.5 Å². The normalized spacial score (nSPS) is 9.44. The lowest BCUT2D eigenvalue weighted by Crippen LogP contribution is -1.95. The van der Waals surface area contributed by atoms with E-state index in [0.717, 1.165) is 9.99 Å². The van der Waals surface area contributed by atoms with Crippen molar-refractivity contribution in [3.63, 3.8) is 0 Å². The Morgan fingerprint density at radius 1 is 1.67 bits per heavy atom. The summed E-state index contributed by atoms with van der Waals surface area (Å²) in [5, 5.41) is 0. The monoisotopic (exact) mass is 235 g/mol. The van der Waals surface area contributed by atoms with Crippen LogP contribution in [0.5, 0.6) is 0 Å². The summed E-state index contributed by atoms with van der Waals surface area (Å²) in [5.41, 5.74) is 6.47. The fraction of sp³-hybridized carbons (Fsp3) is 0.200. The smallest absolute Gasteiger partial charge is 0.130 e. The van der Waals surface area contributed by atoms with Crippen molar-refractivity contribution in [3.8, 4) is 0 Å². The van der Waals surface area contributed by atoms with Crippen LogP contribution in [0, 0.1) is 0 Å². The van der Waals surface area contributed by atoms with Gasteiger partial charge < -0.3 is 5.73 Å². The molecule has 4 heteroatoms. The number of nitrogens with zero attached hydrogens (tertiary/aromatic N) is 2. The number of anilines is 1. The highest BCUT2D eigenvalue weighted by molar-refractivity contribution is 14.1. The highest BCUT2D eigenvalue weighted by atomic mass is 127. The first-order valence-corrected chi connectivity index (χ1v) is 3.97. The third-order valence-corrected chi connectivity index (χ3v) is 1.79. The Balaban J connectivity index is 3.01. The van der Waals surface area contributed by atoms with Crippen LogP contribution in [-0.4, -0.2) is 9.97 Å². The van der Waals surface area contributed by atoms with Crippen LogP contribution in [0.4, 0.5) is 5.82 Å². The molecule has 0 aliphatic rings. The molecule has 0 aromatic carbocycles. The predicted molar refractivity (Wildman–Crippen MR) is 44.2 cm³/mol. The van der Waals surface area contributed by atoms with E-state index in [1.165, 1.54) is 6.33 Å². The van der Waals surface area contributed by atoms with Gasteiger partial charge in [-0.3, -0.25) is 0 Å². The Morgan fingerprint density at radius 2 is 2.44 bits per heavy atom. The SMILES string of the molecule is Nc1ncncc1CI. The largest absolute Gasteiger partial charge is 0.383 e. The van der Waals surface area contributed by atoms with Gasteiger partial charge >= 0.3 is 0 Å². The molecule has 0 saturated carbocycles. The maximum Gasteiger partial charge on any atom is 0.130 e. The van der Waals surface area contributed by atoms with Crippen molar-refractivity contribution >= 4 is 28.4 Å². The number of halogens is 1. The molecule has 0 amide bonds. The summed E-state index contributed by atoms with van der Waals surface area (Å²) in [5.74, 6) is 0.583. The third-order valence-electron chi connectivity index (χ3n) is 0.967. The Kier molecular flexibility index (Phi) is 2.21. The zero-order valence-corrected chi connectivity index (χ0v) is 6.87. The average Bonchev–Trinajstić information content (AvgIpc) is 1.89. The van der Waals surface area contributed by atoms with Crippen molar-refractivity contribution in [2.75, 3.05) is 5.73 Å². The van der Waals surface area contributed by atoms with E-state index in [9.17, 15) is 0 Å². The van der Waals surface area contributed by atoms with Gasteiger partial charge in [0, 0.05) is 16.2 Å². The molecule has 0 saturated heterocycles. The number of nitrogen functional groups attached to an aromatic ring is 1. The molecule has 0 spiro atoms. The lowest BCUT2D eigenvalue weighted by molar-refractivity contribution is 1.14. The summed E-state index contributed by atoms with van der Waals surface area (Å²) in [6, 6.07) is 0. The van der Waals surface area contributed by atoms with E-state index in [-0.39, 0.29) is 0 Å². The summed E-state index contributed by atoms with van der Waals surface area (Å²) in [6.07, 6.45) is 3.18. The lowest BCUT2D eigenvalue weighted by atomic mass is 10.4. The van der Waals surface area contributed by atoms with E-state index in [2.05, 4.69) is 32.6 Å². The van der Waals surface area contributed by atoms with Crippen LogP contribution in [0.1, 0.15) is 5.56 Å². The minimum absolute atomic E-state index is 0.583. The molecule has 2 N–H and O–H groups in total. The van der Waals surface area contributed by atoms with Gasteiger partial charge in [-0.1, -0.05) is 22.6 Å². The minimum atomic E-state index is 0.583. The summed E-state index contributed by atoms with van der Waals surface area (Å²) in [4.78, 5) is 7.63. The molecular weight excluding hydrogens is 229 g/mol. The van der Waals surface area contributed by atoms with Gasteiger partial charge in [-0.15, -0.1) is 0 Å². The molecule has 1 rings (SSSR count). The van der Waals surface area contributed by atoms with Crippen molar-refractivity contribution in [3.05, 3.63) is 18.1 Å². The maximum atomic E-state index is 5.48. The van der Waals surface area contributed by atoms with E-state index in [0.29, 0.717) is 5.82 Å². The van der Waals surface area contributed by atoms with Crippen LogP contribution < -0.4 is 5.73 Å². The van der Waals surface area contributed by atoms with Crippen molar-refractivity contribution in [1.82, 2.24) is 9.97 Å². The number of aromatic nitrogens is 2. The first kappa shape index (κ1) is 6.73. The number of rotatable bonds is 1. The average molecular weight is 235 g/mol. The molecule has 0 aliphatic heterocycles. The summed E-state index contributed by atoms with van der Waals surface area (Å²) >= 11 is 2.22. The van der Waals surface area contributed by atoms with Crippen LogP contribution >= 0.6 is 22.6 Å². The minimum Gasteiger partial charge on any atom is -0.383 e. The molecule has 0 radical (unpaired) electrons.